The van der Waals surface area contributed by atoms with Crippen LogP contribution >= 0.6 is 0 Å². The number of benzene rings is 2. The minimum absolute atomic E-state index is 0.00112. The van der Waals surface area contributed by atoms with Gasteiger partial charge in [0.25, 0.3) is 0 Å². The van der Waals surface area contributed by atoms with E-state index < -0.39 is 23.4 Å². The van der Waals surface area contributed by atoms with Gasteiger partial charge in [0.15, 0.2) is 11.6 Å². The van der Waals surface area contributed by atoms with Gasteiger partial charge >= 0.3 is 5.97 Å². The fourth-order valence-electron chi connectivity index (χ4n) is 5.83. The number of methoxy groups -OCH3 is 1. The van der Waals surface area contributed by atoms with Gasteiger partial charge in [0.05, 0.1) is 12.7 Å². The lowest BCUT2D eigenvalue weighted by Crippen LogP contribution is -2.31. The summed E-state index contributed by atoms with van der Waals surface area (Å²) in [4.78, 5) is 12.5. The van der Waals surface area contributed by atoms with E-state index in [1.54, 1.807) is 0 Å². The van der Waals surface area contributed by atoms with E-state index in [4.69, 9.17) is 9.47 Å². The maximum Gasteiger partial charge on any atom is 0.343 e. The first kappa shape index (κ1) is 24.4. The average Bonchev–Trinajstić information content (AvgIpc) is 2.82. The predicted octanol–water partition coefficient (Wildman–Crippen LogP) is 7.60. The fraction of sp³-hybridized carbons (Fsp3) is 0.464. The largest absolute Gasteiger partial charge is 0.494 e. The number of hydrogen-bond donors (Lipinski definition) is 0. The Kier molecular flexibility index (Phi) is 7.64. The van der Waals surface area contributed by atoms with Gasteiger partial charge in [-0.1, -0.05) is 12.5 Å². The van der Waals surface area contributed by atoms with Crippen LogP contribution in [0.15, 0.2) is 43.0 Å². The molecule has 2 fully saturated rings. The monoisotopic (exact) mass is 472 g/mol. The molecule has 4 unspecified atom stereocenters. The standard InChI is InChI=1S/C28H31F3O3/c1-3-4-5-17-6-7-19-13-20(9-8-18(19)12-17)27-24(30)14-21(15-25(27)31)28(32)34-22-10-11-26(33-2)23(29)16-22/h3,10-11,14-20H,1,4-9,12-13H2,2H3. The van der Waals surface area contributed by atoms with Crippen molar-refractivity contribution in [2.24, 2.45) is 17.8 Å². The molecule has 2 saturated carbocycles. The molecule has 2 aliphatic carbocycles. The van der Waals surface area contributed by atoms with Gasteiger partial charge in [0.2, 0.25) is 0 Å². The highest BCUT2D eigenvalue weighted by atomic mass is 19.1. The van der Waals surface area contributed by atoms with Crippen LogP contribution in [0.2, 0.25) is 0 Å². The van der Waals surface area contributed by atoms with Crippen LogP contribution in [-0.4, -0.2) is 13.1 Å². The first-order valence-corrected chi connectivity index (χ1v) is 12.0. The summed E-state index contributed by atoms with van der Waals surface area (Å²) in [6.45, 7) is 3.81. The third-order valence-electron chi connectivity index (χ3n) is 7.56. The number of carbonyl (C=O) groups excluding carboxylic acids is 1. The van der Waals surface area contributed by atoms with E-state index in [1.807, 2.05) is 6.08 Å². The van der Waals surface area contributed by atoms with Crippen molar-refractivity contribution in [2.75, 3.05) is 7.11 Å². The minimum Gasteiger partial charge on any atom is -0.494 e. The molecule has 0 heterocycles. The van der Waals surface area contributed by atoms with Crippen molar-refractivity contribution in [1.29, 1.82) is 0 Å². The van der Waals surface area contributed by atoms with E-state index >= 15 is 8.78 Å². The van der Waals surface area contributed by atoms with Gasteiger partial charge in [-0.05, 0) is 92.9 Å². The average molecular weight is 473 g/mol. The number of hydrogen-bond acceptors (Lipinski definition) is 3. The van der Waals surface area contributed by atoms with E-state index in [0.717, 1.165) is 56.2 Å². The quantitative estimate of drug-likeness (QED) is 0.236. The molecule has 4 atom stereocenters. The summed E-state index contributed by atoms with van der Waals surface area (Å²) >= 11 is 0. The number of carbonyl (C=O) groups is 1. The van der Waals surface area contributed by atoms with Gasteiger partial charge in [0.1, 0.15) is 17.4 Å². The Balaban J connectivity index is 1.43. The molecule has 0 amide bonds. The highest BCUT2D eigenvalue weighted by Crippen LogP contribution is 2.49. The summed E-state index contributed by atoms with van der Waals surface area (Å²) in [5, 5.41) is 0. The second kappa shape index (κ2) is 10.7. The summed E-state index contributed by atoms with van der Waals surface area (Å²) in [6.07, 6.45) is 10.2. The lowest BCUT2D eigenvalue weighted by Gasteiger charge is -2.42. The molecule has 2 aliphatic rings. The van der Waals surface area contributed by atoms with E-state index in [1.165, 1.54) is 38.5 Å². The lowest BCUT2D eigenvalue weighted by atomic mass is 9.63. The third kappa shape index (κ3) is 5.31. The van der Waals surface area contributed by atoms with Crippen molar-refractivity contribution in [3.63, 3.8) is 0 Å². The minimum atomic E-state index is -0.949. The molecule has 0 aromatic heterocycles. The van der Waals surface area contributed by atoms with Gasteiger partial charge in [-0.2, -0.15) is 0 Å². The van der Waals surface area contributed by atoms with Gasteiger partial charge in [0, 0.05) is 11.6 Å². The Morgan fingerprint density at radius 1 is 1.00 bits per heavy atom. The van der Waals surface area contributed by atoms with Crippen LogP contribution in [0.3, 0.4) is 0 Å². The molecule has 0 spiro atoms. The second-order valence-corrected chi connectivity index (χ2v) is 9.61. The summed E-state index contributed by atoms with van der Waals surface area (Å²) in [6, 6.07) is 5.71. The zero-order valence-corrected chi connectivity index (χ0v) is 19.5. The maximum atomic E-state index is 15.0. The molecule has 0 N–H and O–H groups in total. The van der Waals surface area contributed by atoms with E-state index in [0.29, 0.717) is 11.8 Å². The number of halogens is 3. The molecule has 2 aromatic rings. The predicted molar refractivity (Wildman–Crippen MR) is 125 cm³/mol. The SMILES string of the molecule is C=CCCC1CCC2CC(c3c(F)cc(C(=O)Oc4ccc(OC)c(F)c4)cc3F)CCC2C1. The molecule has 182 valence electrons. The number of fused-ring (bicyclic) bond motifs is 1. The van der Waals surface area contributed by atoms with Gasteiger partial charge in [-0.3, -0.25) is 0 Å². The fourth-order valence-corrected chi connectivity index (χ4v) is 5.83. The third-order valence-corrected chi connectivity index (χ3v) is 7.56. The second-order valence-electron chi connectivity index (χ2n) is 9.61. The molecular formula is C28H31F3O3. The Labute approximate surface area is 199 Å². The summed E-state index contributed by atoms with van der Waals surface area (Å²) in [7, 11) is 1.32. The van der Waals surface area contributed by atoms with Crippen LogP contribution in [0.5, 0.6) is 11.5 Å². The van der Waals surface area contributed by atoms with Crippen molar-refractivity contribution in [3.8, 4) is 11.5 Å². The topological polar surface area (TPSA) is 35.5 Å². The number of rotatable bonds is 7. The van der Waals surface area contributed by atoms with Crippen molar-refractivity contribution in [1.82, 2.24) is 0 Å². The highest BCUT2D eigenvalue weighted by molar-refractivity contribution is 5.91. The van der Waals surface area contributed by atoms with E-state index in [9.17, 15) is 9.18 Å². The Morgan fingerprint density at radius 3 is 2.38 bits per heavy atom. The zero-order valence-electron chi connectivity index (χ0n) is 19.5. The molecule has 3 nitrogen and oxygen atoms in total. The Morgan fingerprint density at radius 2 is 1.71 bits per heavy atom. The highest BCUT2D eigenvalue weighted by Gasteiger charge is 2.37. The zero-order chi connectivity index (χ0) is 24.2. The van der Waals surface area contributed by atoms with Crippen molar-refractivity contribution in [3.05, 3.63) is 71.6 Å². The van der Waals surface area contributed by atoms with Crippen LogP contribution in [-0.2, 0) is 0 Å². The molecule has 6 heteroatoms. The Hall–Kier alpha value is -2.76. The van der Waals surface area contributed by atoms with Crippen LogP contribution < -0.4 is 9.47 Å². The maximum absolute atomic E-state index is 15.0. The number of esters is 1. The smallest absolute Gasteiger partial charge is 0.343 e. The first-order chi connectivity index (χ1) is 16.4. The van der Waals surface area contributed by atoms with Crippen LogP contribution in [0, 0.1) is 35.2 Å². The molecule has 4 rings (SSSR count). The lowest BCUT2D eigenvalue weighted by molar-refractivity contribution is 0.0732. The molecule has 0 aliphatic heterocycles. The summed E-state index contributed by atoms with van der Waals surface area (Å²) in [5.74, 6) is -1.51. The molecule has 0 saturated heterocycles. The van der Waals surface area contributed by atoms with Crippen LogP contribution in [0.1, 0.15) is 73.2 Å². The molecular weight excluding hydrogens is 441 g/mol. The molecule has 34 heavy (non-hydrogen) atoms. The van der Waals surface area contributed by atoms with Crippen molar-refractivity contribution >= 4 is 5.97 Å². The first-order valence-electron chi connectivity index (χ1n) is 12.0. The van der Waals surface area contributed by atoms with Crippen LogP contribution in [0.4, 0.5) is 13.2 Å². The number of allylic oxidation sites excluding steroid dienone is 1. The van der Waals surface area contributed by atoms with Crippen molar-refractivity contribution < 1.29 is 27.4 Å². The molecule has 0 bridgehead atoms. The molecule has 0 radical (unpaired) electrons. The normalized spacial score (nSPS) is 24.2. The van der Waals surface area contributed by atoms with Crippen LogP contribution in [0.25, 0.3) is 0 Å². The van der Waals surface area contributed by atoms with E-state index in [2.05, 4.69) is 6.58 Å². The summed E-state index contributed by atoms with van der Waals surface area (Å²) < 4.78 is 53.9. The Bertz CT molecular complexity index is 1030. The molecule has 2 aromatic carbocycles. The van der Waals surface area contributed by atoms with Crippen molar-refractivity contribution in [2.45, 2.75) is 57.3 Å². The summed E-state index contributed by atoms with van der Waals surface area (Å²) in [5.41, 5.74) is -0.175. The van der Waals surface area contributed by atoms with Gasteiger partial charge < -0.3 is 9.47 Å². The van der Waals surface area contributed by atoms with Gasteiger partial charge in [-0.25, -0.2) is 18.0 Å². The van der Waals surface area contributed by atoms with Gasteiger partial charge in [-0.15, -0.1) is 6.58 Å². The van der Waals surface area contributed by atoms with E-state index in [-0.39, 0.29) is 28.5 Å². The number of ether oxygens (including phenoxy) is 2.